The Bertz CT molecular complexity index is 1360. The molecule has 32 heavy (non-hydrogen) atoms. The first-order chi connectivity index (χ1) is 15.8. The maximum atomic E-state index is 6.17. The molecule has 1 aliphatic carbocycles. The maximum Gasteiger partial charge on any atom is 0.113 e. The number of hydrogen-bond acceptors (Lipinski definition) is 4. The van der Waals surface area contributed by atoms with E-state index in [1.165, 1.54) is 29.8 Å². The molecule has 0 spiro atoms. The molecule has 1 atom stereocenters. The summed E-state index contributed by atoms with van der Waals surface area (Å²) >= 11 is 7.85. The number of thiazole rings is 1. The number of aromatic nitrogens is 4. The molecule has 0 radical (unpaired) electrons. The lowest BCUT2D eigenvalue weighted by molar-refractivity contribution is 0.730. The van der Waals surface area contributed by atoms with Crippen LogP contribution in [0.2, 0.25) is 5.02 Å². The fourth-order valence-corrected chi connectivity index (χ4v) is 5.24. The second-order valence-electron chi connectivity index (χ2n) is 8.25. The van der Waals surface area contributed by atoms with Crippen LogP contribution in [0.4, 0.5) is 0 Å². The third kappa shape index (κ3) is 3.72. The average Bonchev–Trinajstić information content (AvgIpc) is 3.41. The Morgan fingerprint density at radius 1 is 0.969 bits per heavy atom. The standard InChI is InChI=1S/C26H21ClN4S/c27-20-9-6-17(7-10-20)24(26-29-13-14-32-26)19-8-11-22-23(15-19)31(25(30-22)18-4-5-18)16-21-3-1-2-12-28-21/h1-3,6-15,18,24H,4-5,16H2. The van der Waals surface area contributed by atoms with Gasteiger partial charge < -0.3 is 4.57 Å². The number of hydrogen-bond donors (Lipinski definition) is 0. The minimum Gasteiger partial charge on any atom is -0.322 e. The number of halogens is 1. The molecule has 0 saturated heterocycles. The van der Waals surface area contributed by atoms with E-state index in [1.807, 2.05) is 42.0 Å². The van der Waals surface area contributed by atoms with Crippen LogP contribution in [0.1, 0.15) is 52.3 Å². The molecule has 6 rings (SSSR count). The van der Waals surface area contributed by atoms with Crippen LogP contribution >= 0.6 is 22.9 Å². The number of nitrogens with zero attached hydrogens (tertiary/aromatic N) is 4. The van der Waals surface area contributed by atoms with Gasteiger partial charge in [-0.15, -0.1) is 11.3 Å². The Morgan fingerprint density at radius 2 is 1.81 bits per heavy atom. The Labute approximate surface area is 195 Å². The highest BCUT2D eigenvalue weighted by atomic mass is 35.5. The Morgan fingerprint density at radius 3 is 2.53 bits per heavy atom. The minimum absolute atomic E-state index is 0.0549. The Kier molecular flexibility index (Phi) is 5.01. The maximum absolute atomic E-state index is 6.17. The largest absolute Gasteiger partial charge is 0.322 e. The molecule has 0 N–H and O–H groups in total. The first-order valence-electron chi connectivity index (χ1n) is 10.8. The van der Waals surface area contributed by atoms with Crippen molar-refractivity contribution in [1.82, 2.24) is 19.5 Å². The molecule has 2 aromatic carbocycles. The fourth-order valence-electron chi connectivity index (χ4n) is 4.32. The summed E-state index contributed by atoms with van der Waals surface area (Å²) in [5, 5.41) is 3.85. The van der Waals surface area contributed by atoms with Gasteiger partial charge in [0.05, 0.1) is 29.2 Å². The SMILES string of the molecule is Clc1ccc(C(c2ccc3nc(C4CC4)n(Cc4ccccn4)c3c2)c2nccs2)cc1. The van der Waals surface area contributed by atoms with Crippen molar-refractivity contribution in [3.8, 4) is 0 Å². The molecule has 1 unspecified atom stereocenters. The zero-order valence-corrected chi connectivity index (χ0v) is 18.9. The molecule has 5 aromatic rings. The normalized spacial score (nSPS) is 14.7. The van der Waals surface area contributed by atoms with Crippen LogP contribution in [0.15, 0.2) is 78.4 Å². The van der Waals surface area contributed by atoms with Gasteiger partial charge in [0, 0.05) is 28.7 Å². The molecular formula is C26H21ClN4S. The third-order valence-electron chi connectivity index (χ3n) is 6.03. The van der Waals surface area contributed by atoms with Crippen LogP contribution in [0.5, 0.6) is 0 Å². The fraction of sp³-hybridized carbons (Fsp3) is 0.192. The van der Waals surface area contributed by atoms with Gasteiger partial charge in [0.15, 0.2) is 0 Å². The summed E-state index contributed by atoms with van der Waals surface area (Å²) < 4.78 is 2.36. The van der Waals surface area contributed by atoms with Crippen molar-refractivity contribution in [1.29, 1.82) is 0 Å². The van der Waals surface area contributed by atoms with Crippen LogP contribution < -0.4 is 0 Å². The Balaban J connectivity index is 1.50. The van der Waals surface area contributed by atoms with Crippen molar-refractivity contribution in [2.24, 2.45) is 0 Å². The average molecular weight is 457 g/mol. The van der Waals surface area contributed by atoms with E-state index in [0.717, 1.165) is 33.3 Å². The van der Waals surface area contributed by atoms with E-state index in [1.54, 1.807) is 11.3 Å². The zero-order valence-electron chi connectivity index (χ0n) is 17.4. The molecule has 4 nitrogen and oxygen atoms in total. The van der Waals surface area contributed by atoms with Crippen LogP contribution in [-0.4, -0.2) is 19.5 Å². The van der Waals surface area contributed by atoms with Crippen molar-refractivity contribution in [2.75, 3.05) is 0 Å². The second kappa shape index (κ2) is 8.15. The van der Waals surface area contributed by atoms with E-state index in [4.69, 9.17) is 16.6 Å². The highest BCUT2D eigenvalue weighted by Crippen LogP contribution is 2.42. The first-order valence-corrected chi connectivity index (χ1v) is 12.1. The van der Waals surface area contributed by atoms with Gasteiger partial charge in [-0.1, -0.05) is 35.9 Å². The topological polar surface area (TPSA) is 43.6 Å². The van der Waals surface area contributed by atoms with Crippen molar-refractivity contribution in [3.63, 3.8) is 0 Å². The molecule has 1 aliphatic rings. The summed E-state index contributed by atoms with van der Waals surface area (Å²) in [4.78, 5) is 14.2. The van der Waals surface area contributed by atoms with E-state index in [2.05, 4.69) is 50.9 Å². The summed E-state index contributed by atoms with van der Waals surface area (Å²) in [7, 11) is 0. The summed E-state index contributed by atoms with van der Waals surface area (Å²) in [6.07, 6.45) is 6.16. The second-order valence-corrected chi connectivity index (χ2v) is 9.62. The number of benzene rings is 2. The lowest BCUT2D eigenvalue weighted by atomic mass is 9.91. The quantitative estimate of drug-likeness (QED) is 0.287. The van der Waals surface area contributed by atoms with Crippen molar-refractivity contribution < 1.29 is 0 Å². The third-order valence-corrected chi connectivity index (χ3v) is 7.12. The van der Waals surface area contributed by atoms with Crippen molar-refractivity contribution >= 4 is 34.0 Å². The number of pyridine rings is 1. The number of fused-ring (bicyclic) bond motifs is 1. The van der Waals surface area contributed by atoms with Crippen molar-refractivity contribution in [3.05, 3.63) is 111 Å². The van der Waals surface area contributed by atoms with E-state index in [9.17, 15) is 0 Å². The lowest BCUT2D eigenvalue weighted by Gasteiger charge is -2.17. The first kappa shape index (κ1) is 19.6. The number of imidazole rings is 1. The zero-order chi connectivity index (χ0) is 21.5. The van der Waals surface area contributed by atoms with E-state index in [0.29, 0.717) is 5.92 Å². The van der Waals surface area contributed by atoms with Gasteiger partial charge in [-0.2, -0.15) is 0 Å². The van der Waals surface area contributed by atoms with Gasteiger partial charge in [0.1, 0.15) is 10.8 Å². The van der Waals surface area contributed by atoms with Gasteiger partial charge in [-0.3, -0.25) is 4.98 Å². The number of rotatable bonds is 6. The smallest absolute Gasteiger partial charge is 0.113 e. The van der Waals surface area contributed by atoms with Crippen LogP contribution in [-0.2, 0) is 6.54 Å². The summed E-state index contributed by atoms with van der Waals surface area (Å²) in [5.74, 6) is 1.79. The minimum atomic E-state index is 0.0549. The van der Waals surface area contributed by atoms with Gasteiger partial charge in [0.2, 0.25) is 0 Å². The van der Waals surface area contributed by atoms with Gasteiger partial charge in [0.25, 0.3) is 0 Å². The highest BCUT2D eigenvalue weighted by molar-refractivity contribution is 7.09. The van der Waals surface area contributed by atoms with Crippen LogP contribution in [0, 0.1) is 0 Å². The van der Waals surface area contributed by atoms with Gasteiger partial charge >= 0.3 is 0 Å². The predicted molar refractivity (Wildman–Crippen MR) is 130 cm³/mol. The Hall–Kier alpha value is -3.02. The van der Waals surface area contributed by atoms with Gasteiger partial charge in [-0.25, -0.2) is 9.97 Å². The van der Waals surface area contributed by atoms with Crippen LogP contribution in [0.25, 0.3) is 11.0 Å². The molecule has 1 saturated carbocycles. The summed E-state index contributed by atoms with van der Waals surface area (Å²) in [5.41, 5.74) is 5.64. The lowest BCUT2D eigenvalue weighted by Crippen LogP contribution is -2.07. The van der Waals surface area contributed by atoms with Gasteiger partial charge in [-0.05, 0) is 60.4 Å². The van der Waals surface area contributed by atoms with E-state index >= 15 is 0 Å². The molecule has 3 heterocycles. The molecular weight excluding hydrogens is 436 g/mol. The molecule has 6 heteroatoms. The van der Waals surface area contributed by atoms with E-state index in [-0.39, 0.29) is 5.92 Å². The summed E-state index contributed by atoms with van der Waals surface area (Å²) in [6, 6.07) is 20.8. The van der Waals surface area contributed by atoms with Crippen LogP contribution in [0.3, 0.4) is 0 Å². The molecule has 0 amide bonds. The molecule has 3 aromatic heterocycles. The molecule has 1 fully saturated rings. The van der Waals surface area contributed by atoms with E-state index < -0.39 is 0 Å². The summed E-state index contributed by atoms with van der Waals surface area (Å²) in [6.45, 7) is 0.732. The predicted octanol–water partition coefficient (Wildman–Crippen LogP) is 6.65. The monoisotopic (exact) mass is 456 g/mol. The molecule has 0 bridgehead atoms. The van der Waals surface area contributed by atoms with Crippen molar-refractivity contribution in [2.45, 2.75) is 31.2 Å². The highest BCUT2D eigenvalue weighted by Gasteiger charge is 2.30. The molecule has 0 aliphatic heterocycles. The molecule has 158 valence electrons.